The van der Waals surface area contributed by atoms with Crippen LogP contribution < -0.4 is 0 Å². The van der Waals surface area contributed by atoms with Gasteiger partial charge in [0.1, 0.15) is 0 Å². The highest BCUT2D eigenvalue weighted by molar-refractivity contribution is 14.1. The Labute approximate surface area is 199 Å². The first-order valence-electron chi connectivity index (χ1n) is 11.3. The summed E-state index contributed by atoms with van der Waals surface area (Å²) in [6, 6.07) is 0. The highest BCUT2D eigenvalue weighted by Gasteiger charge is 2.66. The first-order chi connectivity index (χ1) is 14.5. The van der Waals surface area contributed by atoms with Crippen LogP contribution in [0, 0.1) is 26.7 Å². The van der Waals surface area contributed by atoms with Crippen molar-refractivity contribution in [3.8, 4) is 0 Å². The molecule has 4 aliphatic rings. The van der Waals surface area contributed by atoms with E-state index in [0.717, 1.165) is 25.8 Å². The fourth-order valence-electron chi connectivity index (χ4n) is 7.93. The van der Waals surface area contributed by atoms with E-state index in [-0.39, 0.29) is 21.8 Å². The lowest BCUT2D eigenvalue weighted by atomic mass is 9.39. The van der Waals surface area contributed by atoms with Crippen LogP contribution in [-0.4, -0.2) is 64.9 Å². The van der Waals surface area contributed by atoms with Gasteiger partial charge in [0.25, 0.3) is 0 Å². The first kappa shape index (κ1) is 23.3. The monoisotopic (exact) mass is 545 g/mol. The Kier molecular flexibility index (Phi) is 6.14. The van der Waals surface area contributed by atoms with Crippen molar-refractivity contribution >= 4 is 28.7 Å². The SMILES string of the molecule is COCCN(CCOC12CC3(C)CC(C)(CC(Cn4ncc(I)c4C)(C3)C1)C2)C(=O)O. The van der Waals surface area contributed by atoms with Gasteiger partial charge in [0.2, 0.25) is 0 Å². The molecule has 2 unspecified atom stereocenters. The number of hydrogen-bond donors (Lipinski definition) is 1. The molecule has 4 bridgehead atoms. The van der Waals surface area contributed by atoms with Crippen molar-refractivity contribution in [3.05, 3.63) is 15.5 Å². The summed E-state index contributed by atoms with van der Waals surface area (Å²) in [5.41, 5.74) is 1.84. The number of carboxylic acid groups (broad SMARTS) is 1. The minimum atomic E-state index is -0.912. The molecule has 4 fully saturated rings. The molecule has 0 radical (unpaired) electrons. The number of carbonyl (C=O) groups is 1. The highest BCUT2D eigenvalue weighted by Crippen LogP contribution is 2.72. The lowest BCUT2D eigenvalue weighted by molar-refractivity contribution is -0.248. The first-order valence-corrected chi connectivity index (χ1v) is 12.4. The molecule has 1 aromatic heterocycles. The molecule has 4 saturated carbocycles. The van der Waals surface area contributed by atoms with Gasteiger partial charge in [0.15, 0.2) is 0 Å². The van der Waals surface area contributed by atoms with E-state index in [4.69, 9.17) is 9.47 Å². The predicted octanol–water partition coefficient (Wildman–Crippen LogP) is 4.56. The highest BCUT2D eigenvalue weighted by atomic mass is 127. The molecule has 0 aliphatic heterocycles. The Balaban J connectivity index is 1.51. The van der Waals surface area contributed by atoms with Crippen molar-refractivity contribution in [2.24, 2.45) is 16.2 Å². The largest absolute Gasteiger partial charge is 0.465 e. The third kappa shape index (κ3) is 4.62. The molecule has 2 atom stereocenters. The average molecular weight is 545 g/mol. The maximum absolute atomic E-state index is 11.6. The molecule has 0 aromatic carbocycles. The lowest BCUT2D eigenvalue weighted by Gasteiger charge is -2.69. The van der Waals surface area contributed by atoms with Crippen LogP contribution >= 0.6 is 22.6 Å². The Morgan fingerprint density at radius 3 is 2.35 bits per heavy atom. The van der Waals surface area contributed by atoms with Crippen LogP contribution in [0.25, 0.3) is 0 Å². The molecule has 1 amide bonds. The van der Waals surface area contributed by atoms with E-state index < -0.39 is 6.09 Å². The molecule has 1 N–H and O–H groups in total. The number of rotatable bonds is 9. The molecule has 1 aromatic rings. The fraction of sp³-hybridized carbons (Fsp3) is 0.826. The molecule has 8 heteroatoms. The number of methoxy groups -OCH3 is 1. The van der Waals surface area contributed by atoms with Gasteiger partial charge in [0, 0.05) is 32.4 Å². The zero-order valence-electron chi connectivity index (χ0n) is 19.2. The van der Waals surface area contributed by atoms with Gasteiger partial charge >= 0.3 is 6.09 Å². The third-order valence-electron chi connectivity index (χ3n) is 7.79. The second kappa shape index (κ2) is 8.17. The molecule has 1 heterocycles. The summed E-state index contributed by atoms with van der Waals surface area (Å²) in [4.78, 5) is 13.0. The van der Waals surface area contributed by atoms with E-state index in [1.165, 1.54) is 33.4 Å². The topological polar surface area (TPSA) is 76.8 Å². The van der Waals surface area contributed by atoms with E-state index in [0.29, 0.717) is 26.3 Å². The number of amides is 1. The molecule has 174 valence electrons. The number of halogens is 1. The van der Waals surface area contributed by atoms with E-state index in [1.807, 2.05) is 6.20 Å². The van der Waals surface area contributed by atoms with Crippen molar-refractivity contribution < 1.29 is 19.4 Å². The van der Waals surface area contributed by atoms with Crippen molar-refractivity contribution in [1.82, 2.24) is 14.7 Å². The van der Waals surface area contributed by atoms with Crippen LogP contribution in [0.5, 0.6) is 0 Å². The second-order valence-corrected chi connectivity index (χ2v) is 12.4. The Morgan fingerprint density at radius 2 is 1.81 bits per heavy atom. The van der Waals surface area contributed by atoms with Crippen LogP contribution in [0.1, 0.15) is 58.1 Å². The van der Waals surface area contributed by atoms with Gasteiger partial charge in [-0.1, -0.05) is 13.8 Å². The Morgan fingerprint density at radius 1 is 1.16 bits per heavy atom. The van der Waals surface area contributed by atoms with Crippen LogP contribution in [0.3, 0.4) is 0 Å². The fourth-order valence-corrected chi connectivity index (χ4v) is 8.33. The summed E-state index contributed by atoms with van der Waals surface area (Å²) in [5.74, 6) is 0. The molecule has 0 saturated heterocycles. The quantitative estimate of drug-likeness (QED) is 0.461. The molecule has 31 heavy (non-hydrogen) atoms. The average Bonchev–Trinajstić information content (AvgIpc) is 2.92. The molecule has 4 aliphatic carbocycles. The van der Waals surface area contributed by atoms with Gasteiger partial charge in [-0.2, -0.15) is 5.10 Å². The van der Waals surface area contributed by atoms with E-state index >= 15 is 0 Å². The number of hydrogen-bond acceptors (Lipinski definition) is 4. The molecule has 7 nitrogen and oxygen atoms in total. The van der Waals surface area contributed by atoms with Gasteiger partial charge in [-0.05, 0) is 84.3 Å². The molecule has 5 rings (SSSR count). The Bertz CT molecular complexity index is 823. The van der Waals surface area contributed by atoms with Crippen LogP contribution in [0.2, 0.25) is 0 Å². The smallest absolute Gasteiger partial charge is 0.407 e. The van der Waals surface area contributed by atoms with Crippen molar-refractivity contribution in [2.75, 3.05) is 33.4 Å². The standard InChI is InChI=1S/C23H36IN3O4/c1-17-18(24)9-25-27(17)16-22-11-20(2)10-21(3,12-22)14-23(13-20,15-22)31-8-6-26(19(28)29)5-7-30-4/h9H,5-8,10-16H2,1-4H3,(H,28,29). The van der Waals surface area contributed by atoms with Gasteiger partial charge in [0.05, 0.1) is 28.6 Å². The zero-order valence-corrected chi connectivity index (χ0v) is 21.4. The zero-order chi connectivity index (χ0) is 22.5. The Hall–Kier alpha value is -0.870. The third-order valence-corrected chi connectivity index (χ3v) is 8.85. The van der Waals surface area contributed by atoms with Gasteiger partial charge in [-0.15, -0.1) is 0 Å². The summed E-state index contributed by atoms with van der Waals surface area (Å²) in [7, 11) is 1.59. The molecular weight excluding hydrogens is 509 g/mol. The van der Waals surface area contributed by atoms with Crippen molar-refractivity contribution in [3.63, 3.8) is 0 Å². The summed E-state index contributed by atoms with van der Waals surface area (Å²) >= 11 is 2.36. The minimum absolute atomic E-state index is 0.155. The van der Waals surface area contributed by atoms with Crippen LogP contribution in [-0.2, 0) is 16.0 Å². The van der Waals surface area contributed by atoms with Gasteiger partial charge in [-0.3, -0.25) is 4.68 Å². The minimum Gasteiger partial charge on any atom is -0.465 e. The summed E-state index contributed by atoms with van der Waals surface area (Å²) < 4.78 is 15.1. The van der Waals surface area contributed by atoms with Crippen LogP contribution in [0.15, 0.2) is 6.20 Å². The van der Waals surface area contributed by atoms with Gasteiger partial charge < -0.3 is 19.5 Å². The maximum atomic E-state index is 11.6. The summed E-state index contributed by atoms with van der Waals surface area (Å²) in [6.07, 6.45) is 7.98. The van der Waals surface area contributed by atoms with E-state index in [2.05, 4.69) is 53.1 Å². The number of nitrogens with zero attached hydrogens (tertiary/aromatic N) is 3. The summed E-state index contributed by atoms with van der Waals surface area (Å²) in [5, 5.41) is 14.2. The van der Waals surface area contributed by atoms with Crippen molar-refractivity contribution in [2.45, 2.75) is 71.4 Å². The number of aromatic nitrogens is 2. The molecule has 0 spiro atoms. The normalized spacial score (nSPS) is 36.2. The summed E-state index contributed by atoms with van der Waals surface area (Å²) in [6.45, 7) is 9.60. The van der Waals surface area contributed by atoms with Crippen LogP contribution in [0.4, 0.5) is 4.79 Å². The predicted molar refractivity (Wildman–Crippen MR) is 126 cm³/mol. The lowest BCUT2D eigenvalue weighted by Crippen LogP contribution is -2.64. The van der Waals surface area contributed by atoms with Gasteiger partial charge in [-0.25, -0.2) is 4.79 Å². The van der Waals surface area contributed by atoms with E-state index in [9.17, 15) is 9.90 Å². The maximum Gasteiger partial charge on any atom is 0.407 e. The van der Waals surface area contributed by atoms with E-state index in [1.54, 1.807) is 7.11 Å². The second-order valence-electron chi connectivity index (χ2n) is 11.2. The number of ether oxygens (including phenoxy) is 2. The van der Waals surface area contributed by atoms with Crippen molar-refractivity contribution in [1.29, 1.82) is 0 Å². The molecular formula is C23H36IN3O4.